The lowest BCUT2D eigenvalue weighted by Crippen LogP contribution is -2.69. The number of carbonyl (C=O) groups is 3. The molecule has 19 N–H and O–H groups in total. The maximum Gasteiger partial charge on any atom is 0.335 e. The van der Waals surface area contributed by atoms with Crippen molar-refractivity contribution in [3.8, 4) is 0 Å². The quantitative estimate of drug-likeness (QED) is 0.0240. The minimum Gasteiger partial charge on any atom is -0.506 e. The monoisotopic (exact) mass is 1550 g/mol. The fourth-order valence-corrected chi connectivity index (χ4v) is 20.4. The molecule has 36 heteroatoms. The standard InChI is InChI=1S/C72H112O36/c1-27-31(76)19-35(95-18-13-34-46(84)55(105-63-51(89)47(85)44(82)36(22-73)100-63)54(28(2)98-34)103-61-49(87)42(80)32(77)24-96-61)60(99-27)108-66(94)72-17-16-67(3,4)20-30(72)29-9-10-39-68(5)14-12-41(69(6,26-75)38(68)11-15-70(39,7)71(29,8)21-40(72)79)102-65-58(107-64-52(90)48(86)45(83)37(23-74)101-64)56(53(91)57(106-65)59(92)93)104-62-50(88)43(81)33(78)25-97-62/h9,26-28,30-42,44-49,51-58,60-65,73-74,76-91H,10-25H2,1-8H3,(H,92,93)/t27-,28+,30+,31-,32-,33-,34+,35-,36-,37-,38-,39?,40-,41+,42+,44-,45+,46+,47+,48+,49-,51-,52-,53+,54+,55+,56+,57+,58-,60+,61+,62+,63+,64+,65-,68+,69+,70-,71-,72-/m1/s1. The van der Waals surface area contributed by atoms with Gasteiger partial charge in [-0.2, -0.15) is 0 Å². The SMILES string of the molecule is C[C@@H]1O[C@@H](CCO[C@@H]2C[C@@H](O)[C@@H](C)O[C@H]2OC(=O)[C@]23CCC(C)(C)C[C@H]2C2=CCC4[C@@]5(C)CC[C@H](O[C@@H]6O[C@H](C(=O)O)[C@@H](O)[C@H](O[C@@H]7OC[C@@H](O)C(O)=C7O)[C@H]6O[C@@H]6O[C@H](CO)[C@H](O)[C@H](O)[C@H]6O)[C@@](C)(C=O)[C@@H]5CC[C@@]4(C)[C@]2(C)C[C@H]3O)[C@H](O)[C@H](O[C@@H]2O[C@H](CO)[C@@H](O)[C@H](O)[C@H]2O)[C@H]1O[C@@H]1OC[C@@H](O)[C@H](O)[C@H]1O. The number of carboxylic acids is 1. The number of allylic oxidation sites excluding steroid dienone is 2. The predicted molar refractivity (Wildman–Crippen MR) is 357 cm³/mol. The second kappa shape index (κ2) is 32.0. The zero-order valence-corrected chi connectivity index (χ0v) is 61.6. The van der Waals surface area contributed by atoms with Crippen molar-refractivity contribution in [1.82, 2.24) is 0 Å². The number of carbonyl (C=O) groups excluding carboxylic acids is 2. The third-order valence-corrected chi connectivity index (χ3v) is 27.1. The number of ether oxygens (including phenoxy) is 14. The van der Waals surface area contributed by atoms with Crippen molar-refractivity contribution < 1.29 is 178 Å². The molecule has 4 saturated carbocycles. The van der Waals surface area contributed by atoms with E-state index in [1.807, 2.05) is 0 Å². The number of aldehydes is 1. The first-order chi connectivity index (χ1) is 50.7. The molecule has 108 heavy (non-hydrogen) atoms. The van der Waals surface area contributed by atoms with Crippen LogP contribution in [0.5, 0.6) is 0 Å². The van der Waals surface area contributed by atoms with Gasteiger partial charge < -0.3 is 168 Å². The molecule has 0 radical (unpaired) electrons. The van der Waals surface area contributed by atoms with E-state index in [4.69, 9.17) is 66.3 Å². The molecule has 36 nitrogen and oxygen atoms in total. The molecule has 40 atom stereocenters. The number of hydrogen-bond acceptors (Lipinski definition) is 35. The van der Waals surface area contributed by atoms with Gasteiger partial charge >= 0.3 is 11.9 Å². The van der Waals surface area contributed by atoms with Crippen molar-refractivity contribution in [2.75, 3.05) is 33.0 Å². The Hall–Kier alpha value is -3.47. The number of fused-ring (bicyclic) bond motifs is 7. The van der Waals surface area contributed by atoms with Crippen LogP contribution in [0.15, 0.2) is 23.2 Å². The molecule has 616 valence electrons. The Balaban J connectivity index is 0.777. The highest BCUT2D eigenvalue weighted by Gasteiger charge is 2.73. The molecule has 0 aromatic carbocycles. The lowest BCUT2D eigenvalue weighted by Gasteiger charge is -2.71. The summed E-state index contributed by atoms with van der Waals surface area (Å²) in [6, 6.07) is 0. The van der Waals surface area contributed by atoms with E-state index in [0.717, 1.165) is 11.9 Å². The normalized spacial score (nSPS) is 52.5. The fraction of sp³-hybridized carbons (Fsp3) is 0.903. The van der Waals surface area contributed by atoms with Gasteiger partial charge in [-0.1, -0.05) is 53.2 Å². The Bertz CT molecular complexity index is 3220. The summed E-state index contributed by atoms with van der Waals surface area (Å²) in [6.07, 6.45) is -47.0. The minimum atomic E-state index is -2.24. The molecule has 0 aromatic heterocycles. The van der Waals surface area contributed by atoms with Crippen molar-refractivity contribution >= 4 is 18.2 Å². The number of hydrogen-bond donors (Lipinski definition) is 19. The summed E-state index contributed by atoms with van der Waals surface area (Å²) < 4.78 is 85.0. The summed E-state index contributed by atoms with van der Waals surface area (Å²) in [6.45, 7) is 12.5. The summed E-state index contributed by atoms with van der Waals surface area (Å²) in [5, 5.41) is 207. The molecule has 0 spiro atoms. The Labute approximate surface area is 622 Å². The first-order valence-electron chi connectivity index (χ1n) is 37.6. The highest BCUT2D eigenvalue weighted by Crippen LogP contribution is 2.76. The molecule has 0 bridgehead atoms. The second-order valence-corrected chi connectivity index (χ2v) is 33.9. The maximum atomic E-state index is 15.8. The molecule has 0 aromatic rings. The zero-order chi connectivity index (χ0) is 78.7. The van der Waals surface area contributed by atoms with Crippen molar-refractivity contribution in [2.24, 2.45) is 50.2 Å². The van der Waals surface area contributed by atoms with Crippen LogP contribution in [0.25, 0.3) is 0 Å². The van der Waals surface area contributed by atoms with E-state index < -0.39 is 285 Å². The summed E-state index contributed by atoms with van der Waals surface area (Å²) in [7, 11) is 0. The van der Waals surface area contributed by atoms with Gasteiger partial charge in [0.2, 0.25) is 12.6 Å². The van der Waals surface area contributed by atoms with E-state index in [0.29, 0.717) is 38.5 Å². The van der Waals surface area contributed by atoms with Crippen molar-refractivity contribution in [1.29, 1.82) is 0 Å². The Morgan fingerprint density at radius 1 is 0.565 bits per heavy atom. The van der Waals surface area contributed by atoms with E-state index in [-0.39, 0.29) is 50.0 Å². The lowest BCUT2D eigenvalue weighted by molar-refractivity contribution is -0.384. The van der Waals surface area contributed by atoms with Crippen LogP contribution in [0.1, 0.15) is 126 Å². The topological polar surface area (TPSA) is 565 Å². The van der Waals surface area contributed by atoms with Crippen molar-refractivity contribution in [3.05, 3.63) is 23.2 Å². The van der Waals surface area contributed by atoms with E-state index in [9.17, 15) is 107 Å². The van der Waals surface area contributed by atoms with Crippen LogP contribution >= 0.6 is 0 Å². The van der Waals surface area contributed by atoms with Gasteiger partial charge in [-0.25, -0.2) is 4.79 Å². The van der Waals surface area contributed by atoms with Crippen LogP contribution in [0.4, 0.5) is 0 Å². The first kappa shape index (κ1) is 83.9. The van der Waals surface area contributed by atoms with Crippen LogP contribution in [0, 0.1) is 50.2 Å². The average molecular weight is 1550 g/mol. The molecule has 12 aliphatic rings. The number of esters is 1. The molecular weight excluding hydrogens is 1440 g/mol. The van der Waals surface area contributed by atoms with Gasteiger partial charge in [-0.05, 0) is 117 Å². The van der Waals surface area contributed by atoms with Gasteiger partial charge in [0.15, 0.2) is 42.8 Å². The number of carboxylic acid groups (broad SMARTS) is 1. The Morgan fingerprint density at radius 3 is 1.81 bits per heavy atom. The molecule has 7 aliphatic heterocycles. The molecule has 6 saturated heterocycles. The highest BCUT2D eigenvalue weighted by molar-refractivity contribution is 5.80. The summed E-state index contributed by atoms with van der Waals surface area (Å²) >= 11 is 0. The third kappa shape index (κ3) is 14.7. The third-order valence-electron chi connectivity index (χ3n) is 27.1. The molecular formula is C72H112O36. The molecule has 7 heterocycles. The van der Waals surface area contributed by atoms with E-state index in [1.165, 1.54) is 6.92 Å². The largest absolute Gasteiger partial charge is 0.506 e. The van der Waals surface area contributed by atoms with Gasteiger partial charge in [-0.15, -0.1) is 0 Å². The smallest absolute Gasteiger partial charge is 0.335 e. The van der Waals surface area contributed by atoms with Gasteiger partial charge in [0, 0.05) is 13.0 Å². The van der Waals surface area contributed by atoms with Gasteiger partial charge in [0.1, 0.15) is 128 Å². The number of rotatable bonds is 20. The summed E-state index contributed by atoms with van der Waals surface area (Å²) in [5.74, 6) is -5.76. The van der Waals surface area contributed by atoms with Crippen LogP contribution in [-0.4, -0.2) is 345 Å². The van der Waals surface area contributed by atoms with Crippen LogP contribution in [0.3, 0.4) is 0 Å². The van der Waals surface area contributed by atoms with Crippen LogP contribution in [-0.2, 0) is 80.7 Å². The molecule has 5 aliphatic carbocycles. The van der Waals surface area contributed by atoms with Crippen LogP contribution in [0.2, 0.25) is 0 Å². The minimum absolute atomic E-state index is 0.100. The second-order valence-electron chi connectivity index (χ2n) is 33.9. The molecule has 12 rings (SSSR count). The van der Waals surface area contributed by atoms with Gasteiger partial charge in [0.25, 0.3) is 0 Å². The van der Waals surface area contributed by atoms with Crippen molar-refractivity contribution in [3.63, 3.8) is 0 Å². The summed E-state index contributed by atoms with van der Waals surface area (Å²) in [4.78, 5) is 43.0. The van der Waals surface area contributed by atoms with Crippen LogP contribution < -0.4 is 0 Å². The van der Waals surface area contributed by atoms with Gasteiger partial charge in [-0.3, -0.25) is 4.79 Å². The van der Waals surface area contributed by atoms with E-state index >= 15 is 4.79 Å². The lowest BCUT2D eigenvalue weighted by atomic mass is 9.33. The highest BCUT2D eigenvalue weighted by atomic mass is 16.8. The molecule has 0 amide bonds. The average Bonchev–Trinajstić information content (AvgIpc) is 0.670. The molecule has 1 unspecified atom stereocenters. The number of aliphatic hydroxyl groups excluding tert-OH is 18. The van der Waals surface area contributed by atoms with Crippen molar-refractivity contribution in [2.45, 2.75) is 322 Å². The maximum absolute atomic E-state index is 15.8. The zero-order valence-electron chi connectivity index (χ0n) is 61.6. The van der Waals surface area contributed by atoms with Gasteiger partial charge in [0.05, 0.1) is 68.5 Å². The predicted octanol–water partition coefficient (Wildman–Crippen LogP) is -3.92. The summed E-state index contributed by atoms with van der Waals surface area (Å²) in [5.41, 5.74) is -4.42. The van der Waals surface area contributed by atoms with E-state index in [2.05, 4.69) is 40.7 Å². The Kier molecular flexibility index (Phi) is 24.8. The fourth-order valence-electron chi connectivity index (χ4n) is 20.4. The Morgan fingerprint density at radius 2 is 1.19 bits per heavy atom. The molecule has 10 fully saturated rings. The number of aliphatic carboxylic acids is 1. The van der Waals surface area contributed by atoms with E-state index in [1.54, 1.807) is 13.8 Å². The number of aliphatic hydroxyl groups is 18. The first-order valence-corrected chi connectivity index (χ1v) is 37.6.